The van der Waals surface area contributed by atoms with Crippen LogP contribution in [0.25, 0.3) is 0 Å². The highest BCUT2D eigenvalue weighted by atomic mass is 16.5. The predicted molar refractivity (Wildman–Crippen MR) is 181 cm³/mol. The monoisotopic (exact) mass is 581 g/mol. The van der Waals surface area contributed by atoms with Gasteiger partial charge in [0.25, 0.3) is 0 Å². The lowest BCUT2D eigenvalue weighted by Crippen LogP contribution is -2.59. The van der Waals surface area contributed by atoms with Crippen molar-refractivity contribution in [2.45, 2.75) is 206 Å². The molecule has 0 amide bonds. The number of unbranched alkanes of at least 4 members (excludes halogenated alkanes) is 15. The minimum atomic E-state index is 0.195. The zero-order valence-corrected chi connectivity index (χ0v) is 29.8. The molecule has 4 nitrogen and oxygen atoms in total. The molecule has 2 aliphatic rings. The van der Waals surface area contributed by atoms with Crippen LogP contribution >= 0.6 is 0 Å². The Labute approximate surface area is 258 Å². The molecule has 0 aliphatic carbocycles. The van der Waals surface area contributed by atoms with Crippen LogP contribution in [-0.2, 0) is 9.47 Å². The number of piperidine rings is 2. The van der Waals surface area contributed by atoms with E-state index in [9.17, 15) is 0 Å². The Morgan fingerprint density at radius 1 is 0.683 bits per heavy atom. The van der Waals surface area contributed by atoms with Gasteiger partial charge in [-0.2, -0.15) is 0 Å². The fourth-order valence-electron chi connectivity index (χ4n) is 7.23. The summed E-state index contributed by atoms with van der Waals surface area (Å²) < 4.78 is 11.7. The molecule has 0 radical (unpaired) electrons. The van der Waals surface area contributed by atoms with Crippen molar-refractivity contribution in [3.63, 3.8) is 0 Å². The van der Waals surface area contributed by atoms with Crippen molar-refractivity contribution in [3.05, 3.63) is 0 Å². The van der Waals surface area contributed by atoms with E-state index in [1.165, 1.54) is 103 Å². The third kappa shape index (κ3) is 17.1. The Morgan fingerprint density at radius 3 is 1.51 bits per heavy atom. The quantitative estimate of drug-likeness (QED) is 0.154. The van der Waals surface area contributed by atoms with Crippen LogP contribution in [0, 0.1) is 5.92 Å². The number of methoxy groups -OCH3 is 1. The largest absolute Gasteiger partial charge is 0.381 e. The van der Waals surface area contributed by atoms with Crippen molar-refractivity contribution in [2.24, 2.45) is 5.92 Å². The second-order valence-corrected chi connectivity index (χ2v) is 15.5. The van der Waals surface area contributed by atoms with Gasteiger partial charge in [-0.25, -0.2) is 0 Å². The molecule has 2 rings (SSSR count). The second kappa shape index (κ2) is 20.7. The third-order valence-corrected chi connectivity index (χ3v) is 10.2. The SMILES string of the molecule is CCCCCCCCCCCCCCCCCCOC1CC(C)(C)NC(C)(C)C1.COC1CCN(C)C(C)(C)C1C. The summed E-state index contributed by atoms with van der Waals surface area (Å²) in [5.74, 6) is 0.612. The van der Waals surface area contributed by atoms with Crippen LogP contribution < -0.4 is 5.32 Å². The molecule has 2 atom stereocenters. The van der Waals surface area contributed by atoms with Crippen molar-refractivity contribution < 1.29 is 9.47 Å². The first-order valence-corrected chi connectivity index (χ1v) is 18.0. The number of nitrogens with one attached hydrogen (secondary N) is 1. The van der Waals surface area contributed by atoms with Crippen molar-refractivity contribution in [1.82, 2.24) is 10.2 Å². The molecule has 2 fully saturated rings. The maximum absolute atomic E-state index is 6.23. The molecular formula is C37H76N2O2. The lowest BCUT2D eigenvalue weighted by atomic mass is 9.79. The molecule has 0 aromatic carbocycles. The van der Waals surface area contributed by atoms with Crippen molar-refractivity contribution in [1.29, 1.82) is 0 Å². The summed E-state index contributed by atoms with van der Waals surface area (Å²) >= 11 is 0. The normalized spacial score (nSPS) is 24.1. The van der Waals surface area contributed by atoms with Crippen molar-refractivity contribution in [3.8, 4) is 0 Å². The first-order valence-electron chi connectivity index (χ1n) is 18.0. The molecule has 0 aromatic rings. The maximum atomic E-state index is 6.23. The highest BCUT2D eigenvalue weighted by molar-refractivity contribution is 4.97. The summed E-state index contributed by atoms with van der Waals surface area (Å²) in [5.41, 5.74) is 0.668. The highest BCUT2D eigenvalue weighted by Gasteiger charge is 2.39. The first-order chi connectivity index (χ1) is 19.3. The number of nitrogens with zero attached hydrogens (tertiary/aromatic N) is 1. The Hall–Kier alpha value is -0.160. The summed E-state index contributed by atoms with van der Waals surface area (Å²) in [5, 5.41) is 3.74. The van der Waals surface area contributed by atoms with Crippen LogP contribution in [0.4, 0.5) is 0 Å². The van der Waals surface area contributed by atoms with Gasteiger partial charge in [-0.15, -0.1) is 0 Å². The first kappa shape index (κ1) is 38.9. The van der Waals surface area contributed by atoms with Crippen LogP contribution in [0.5, 0.6) is 0 Å². The second-order valence-electron chi connectivity index (χ2n) is 15.5. The summed E-state index contributed by atoms with van der Waals surface area (Å²) in [7, 11) is 4.02. The van der Waals surface area contributed by atoms with Gasteiger partial charge in [-0.05, 0) is 74.3 Å². The zero-order chi connectivity index (χ0) is 30.8. The average molecular weight is 581 g/mol. The Kier molecular flexibility index (Phi) is 19.7. The van der Waals surface area contributed by atoms with E-state index in [-0.39, 0.29) is 16.6 Å². The Balaban J connectivity index is 0.000000580. The molecule has 0 saturated carbocycles. The third-order valence-electron chi connectivity index (χ3n) is 10.2. The topological polar surface area (TPSA) is 33.7 Å². The fraction of sp³-hybridized carbons (Fsp3) is 1.00. The standard InChI is InChI=1S/C27H55NO.C10H21NO/c1-6-7-8-9-10-11-12-13-14-15-16-17-18-19-20-21-22-29-25-23-26(2,3)28-27(4,5)24-25;1-8-9(12-5)6-7-11(4)10(8,2)3/h25,28H,6-24H2,1-5H3;8-9H,6-7H2,1-5H3. The van der Waals surface area contributed by atoms with E-state index in [0.717, 1.165) is 32.4 Å². The summed E-state index contributed by atoms with van der Waals surface area (Å²) in [4.78, 5) is 2.42. The van der Waals surface area contributed by atoms with Crippen LogP contribution in [0.1, 0.15) is 177 Å². The van der Waals surface area contributed by atoms with Gasteiger partial charge in [0, 0.05) is 42.8 Å². The Morgan fingerprint density at radius 2 is 1.10 bits per heavy atom. The van der Waals surface area contributed by atoms with Gasteiger partial charge in [-0.3, -0.25) is 0 Å². The van der Waals surface area contributed by atoms with E-state index in [0.29, 0.717) is 18.1 Å². The van der Waals surface area contributed by atoms with Gasteiger partial charge in [0.2, 0.25) is 0 Å². The molecule has 41 heavy (non-hydrogen) atoms. The molecule has 1 N–H and O–H groups in total. The predicted octanol–water partition coefficient (Wildman–Crippen LogP) is 10.3. The smallest absolute Gasteiger partial charge is 0.0626 e. The number of ether oxygens (including phenoxy) is 2. The van der Waals surface area contributed by atoms with Crippen molar-refractivity contribution >= 4 is 0 Å². The molecule has 2 unspecified atom stereocenters. The van der Waals surface area contributed by atoms with E-state index >= 15 is 0 Å². The van der Waals surface area contributed by atoms with Crippen molar-refractivity contribution in [2.75, 3.05) is 27.3 Å². The molecule has 2 heterocycles. The minimum absolute atomic E-state index is 0.195. The van der Waals surface area contributed by atoms with Crippen LogP contribution in [0.2, 0.25) is 0 Å². The lowest BCUT2D eigenvalue weighted by molar-refractivity contribution is -0.0608. The zero-order valence-electron chi connectivity index (χ0n) is 29.8. The van der Waals surface area contributed by atoms with E-state index in [2.05, 4.69) is 72.7 Å². The minimum Gasteiger partial charge on any atom is -0.381 e. The molecule has 0 aromatic heterocycles. The van der Waals surface area contributed by atoms with Crippen LogP contribution in [0.15, 0.2) is 0 Å². The number of hydrogen-bond acceptors (Lipinski definition) is 4. The van der Waals surface area contributed by atoms with E-state index in [4.69, 9.17) is 9.47 Å². The van der Waals surface area contributed by atoms with E-state index < -0.39 is 0 Å². The van der Waals surface area contributed by atoms with Gasteiger partial charge >= 0.3 is 0 Å². The summed E-state index contributed by atoms with van der Waals surface area (Å²) in [6, 6.07) is 0. The fourth-order valence-corrected chi connectivity index (χ4v) is 7.23. The highest BCUT2D eigenvalue weighted by Crippen LogP contribution is 2.33. The number of rotatable bonds is 19. The van der Waals surface area contributed by atoms with Crippen LogP contribution in [0.3, 0.4) is 0 Å². The van der Waals surface area contributed by atoms with Gasteiger partial charge in [0.05, 0.1) is 12.2 Å². The summed E-state index contributed by atoms with van der Waals surface area (Å²) in [6.07, 6.45) is 27.1. The van der Waals surface area contributed by atoms with Gasteiger partial charge in [0.1, 0.15) is 0 Å². The van der Waals surface area contributed by atoms with E-state index in [1.807, 2.05) is 7.11 Å². The maximum Gasteiger partial charge on any atom is 0.0626 e. The van der Waals surface area contributed by atoms with E-state index in [1.54, 1.807) is 0 Å². The Bertz CT molecular complexity index is 616. The summed E-state index contributed by atoms with van der Waals surface area (Å²) in [6.45, 7) is 20.5. The van der Waals surface area contributed by atoms with Gasteiger partial charge in [-0.1, -0.05) is 110 Å². The van der Waals surface area contributed by atoms with Crippen LogP contribution in [-0.4, -0.2) is 61.0 Å². The molecule has 2 saturated heterocycles. The van der Waals surface area contributed by atoms with Gasteiger partial charge in [0.15, 0.2) is 0 Å². The van der Waals surface area contributed by atoms with Gasteiger partial charge < -0.3 is 19.7 Å². The molecule has 0 spiro atoms. The number of hydrogen-bond donors (Lipinski definition) is 1. The molecular weight excluding hydrogens is 504 g/mol. The molecule has 4 heteroatoms. The number of likely N-dealkylation sites (tertiary alicyclic amines) is 1. The molecule has 0 bridgehead atoms. The molecule has 2 aliphatic heterocycles. The molecule has 246 valence electrons. The lowest BCUT2D eigenvalue weighted by Gasteiger charge is -2.48. The average Bonchev–Trinajstić information content (AvgIpc) is 2.88.